The van der Waals surface area contributed by atoms with E-state index in [1.807, 2.05) is 0 Å². The lowest BCUT2D eigenvalue weighted by Gasteiger charge is -2.45. The van der Waals surface area contributed by atoms with Crippen molar-refractivity contribution < 1.29 is 22.3 Å². The van der Waals surface area contributed by atoms with Crippen LogP contribution in [-0.2, 0) is 9.84 Å². The maximum Gasteiger partial charge on any atom is 0.346 e. The van der Waals surface area contributed by atoms with E-state index < -0.39 is 32.2 Å². The van der Waals surface area contributed by atoms with Crippen molar-refractivity contribution in [2.24, 2.45) is 23.2 Å². The van der Waals surface area contributed by atoms with Gasteiger partial charge >= 0.3 is 5.25 Å². The summed E-state index contributed by atoms with van der Waals surface area (Å²) in [6, 6.07) is 0. The van der Waals surface area contributed by atoms with Crippen LogP contribution in [0.5, 0.6) is 0 Å². The van der Waals surface area contributed by atoms with E-state index in [1.165, 1.54) is 20.8 Å². The van der Waals surface area contributed by atoms with E-state index in [1.54, 1.807) is 6.92 Å². The fourth-order valence-corrected chi connectivity index (χ4v) is 6.58. The van der Waals surface area contributed by atoms with E-state index in [0.717, 1.165) is 32.1 Å². The molecule has 2 fully saturated rings. The number of aliphatic hydroxyl groups is 1. The molecule has 0 bridgehead atoms. The summed E-state index contributed by atoms with van der Waals surface area (Å²) in [7, 11) is -4.54. The Kier molecular flexibility index (Phi) is 5.18. The Morgan fingerprint density at radius 3 is 2.33 bits per heavy atom. The molecule has 0 saturated heterocycles. The number of halogens is 2. The van der Waals surface area contributed by atoms with Gasteiger partial charge in [0.2, 0.25) is 9.84 Å². The van der Waals surface area contributed by atoms with Gasteiger partial charge in [0.25, 0.3) is 0 Å². The van der Waals surface area contributed by atoms with Gasteiger partial charge in [0.15, 0.2) is 0 Å². The summed E-state index contributed by atoms with van der Waals surface area (Å²) in [5.41, 5.74) is -0.154. The van der Waals surface area contributed by atoms with Crippen molar-refractivity contribution >= 4 is 9.84 Å². The van der Waals surface area contributed by atoms with Gasteiger partial charge in [-0.15, -0.1) is 0 Å². The molecule has 0 unspecified atom stereocenters. The van der Waals surface area contributed by atoms with E-state index in [4.69, 9.17) is 0 Å². The van der Waals surface area contributed by atoms with Crippen molar-refractivity contribution in [1.29, 1.82) is 0 Å². The number of fused-ring (bicyclic) bond motifs is 1. The summed E-state index contributed by atoms with van der Waals surface area (Å²) >= 11 is 0. The summed E-state index contributed by atoms with van der Waals surface area (Å²) in [5.74, 6) is -0.192. The lowest BCUT2D eigenvalue weighted by Crippen LogP contribution is -2.45. The third kappa shape index (κ3) is 3.13. The summed E-state index contributed by atoms with van der Waals surface area (Å²) in [6.07, 6.45) is 3.30. The normalized spacial score (nSPS) is 36.4. The Labute approximate surface area is 145 Å². The molecule has 2 saturated carbocycles. The number of sulfone groups is 1. The molecular formula is C18H32F2O3S. The van der Waals surface area contributed by atoms with Crippen LogP contribution in [0, 0.1) is 23.2 Å². The zero-order chi connectivity index (χ0) is 18.6. The molecule has 1 N–H and O–H groups in total. The second-order valence-electron chi connectivity index (χ2n) is 9.19. The Balaban J connectivity index is 2.20. The predicted octanol–water partition coefficient (Wildman–Crippen LogP) is 4.40. The molecule has 6 heteroatoms. The standard InChI is InChI=1S/C18H32F2O3S/c1-12(11-18(19,20)24(22,23)16(2,3)4)13-8-9-14-15(21)7-6-10-17(13,14)5/h12-15,21H,6-11H2,1-5H3/t12-,13-,14+,15+,17-/m1/s1. The number of hydrogen-bond donors (Lipinski definition) is 1. The number of rotatable bonds is 4. The molecule has 2 rings (SSSR count). The highest BCUT2D eigenvalue weighted by molar-refractivity contribution is 7.93. The number of alkyl halides is 2. The second-order valence-corrected chi connectivity index (χ2v) is 12.0. The quantitative estimate of drug-likeness (QED) is 0.802. The summed E-state index contributed by atoms with van der Waals surface area (Å²) in [6.45, 7) is 7.83. The molecule has 0 radical (unpaired) electrons. The minimum absolute atomic E-state index is 0.0403. The molecule has 5 atom stereocenters. The first kappa shape index (κ1) is 20.1. The van der Waals surface area contributed by atoms with Gasteiger partial charge in [0.05, 0.1) is 10.9 Å². The van der Waals surface area contributed by atoms with Gasteiger partial charge in [0.1, 0.15) is 0 Å². The highest BCUT2D eigenvalue weighted by Crippen LogP contribution is 2.59. The first-order valence-electron chi connectivity index (χ1n) is 9.04. The highest BCUT2D eigenvalue weighted by Gasteiger charge is 2.57. The van der Waals surface area contributed by atoms with Gasteiger partial charge in [-0.25, -0.2) is 8.42 Å². The fraction of sp³-hybridized carbons (Fsp3) is 1.00. The molecule has 2 aliphatic rings. The van der Waals surface area contributed by atoms with Gasteiger partial charge in [0, 0.05) is 6.42 Å². The Morgan fingerprint density at radius 2 is 1.79 bits per heavy atom. The summed E-state index contributed by atoms with van der Waals surface area (Å²) < 4.78 is 52.2. The third-order valence-electron chi connectivity index (χ3n) is 6.61. The van der Waals surface area contributed by atoms with Crippen molar-refractivity contribution in [2.45, 2.75) is 89.2 Å². The minimum atomic E-state index is -4.54. The molecule has 0 aliphatic heterocycles. The van der Waals surface area contributed by atoms with E-state index in [2.05, 4.69) is 6.92 Å². The molecule has 0 aromatic heterocycles. The van der Waals surface area contributed by atoms with Crippen LogP contribution in [0.4, 0.5) is 8.78 Å². The Bertz CT molecular complexity index is 567. The van der Waals surface area contributed by atoms with Crippen LogP contribution in [-0.4, -0.2) is 29.6 Å². The van der Waals surface area contributed by atoms with E-state index >= 15 is 0 Å². The molecule has 0 aromatic carbocycles. The van der Waals surface area contributed by atoms with E-state index in [9.17, 15) is 22.3 Å². The monoisotopic (exact) mass is 366 g/mol. The van der Waals surface area contributed by atoms with Gasteiger partial charge < -0.3 is 5.11 Å². The van der Waals surface area contributed by atoms with Crippen LogP contribution >= 0.6 is 0 Å². The second kappa shape index (κ2) is 6.19. The van der Waals surface area contributed by atoms with Gasteiger partial charge in [-0.3, -0.25) is 0 Å². The molecule has 0 aromatic rings. The average Bonchev–Trinajstić information content (AvgIpc) is 2.75. The van der Waals surface area contributed by atoms with Crippen molar-refractivity contribution in [1.82, 2.24) is 0 Å². The highest BCUT2D eigenvalue weighted by atomic mass is 32.2. The number of hydrogen-bond acceptors (Lipinski definition) is 3. The largest absolute Gasteiger partial charge is 0.393 e. The van der Waals surface area contributed by atoms with Crippen LogP contribution in [0.25, 0.3) is 0 Å². The van der Waals surface area contributed by atoms with Crippen molar-refractivity contribution in [3.05, 3.63) is 0 Å². The van der Waals surface area contributed by atoms with Crippen LogP contribution < -0.4 is 0 Å². The predicted molar refractivity (Wildman–Crippen MR) is 91.6 cm³/mol. The molecule has 142 valence electrons. The third-order valence-corrected chi connectivity index (χ3v) is 9.17. The first-order chi connectivity index (χ1) is 10.7. The lowest BCUT2D eigenvalue weighted by molar-refractivity contribution is -0.0369. The number of aliphatic hydroxyl groups excluding tert-OH is 1. The molecule has 24 heavy (non-hydrogen) atoms. The molecule has 3 nitrogen and oxygen atoms in total. The Morgan fingerprint density at radius 1 is 1.21 bits per heavy atom. The van der Waals surface area contributed by atoms with Crippen LogP contribution in [0.2, 0.25) is 0 Å². The fourth-order valence-electron chi connectivity index (χ4n) is 5.20. The van der Waals surface area contributed by atoms with Gasteiger partial charge in [-0.2, -0.15) is 8.78 Å². The molecule has 2 aliphatic carbocycles. The van der Waals surface area contributed by atoms with Gasteiger partial charge in [-0.1, -0.05) is 20.3 Å². The van der Waals surface area contributed by atoms with Crippen LogP contribution in [0.15, 0.2) is 0 Å². The smallest absolute Gasteiger partial charge is 0.346 e. The van der Waals surface area contributed by atoms with Crippen LogP contribution in [0.1, 0.15) is 73.1 Å². The van der Waals surface area contributed by atoms with Crippen molar-refractivity contribution in [3.63, 3.8) is 0 Å². The zero-order valence-electron chi connectivity index (χ0n) is 15.5. The molecule has 0 heterocycles. The average molecular weight is 367 g/mol. The van der Waals surface area contributed by atoms with Gasteiger partial charge in [-0.05, 0) is 69.6 Å². The maximum absolute atomic E-state index is 14.6. The van der Waals surface area contributed by atoms with E-state index in [0.29, 0.717) is 0 Å². The summed E-state index contributed by atoms with van der Waals surface area (Å²) in [4.78, 5) is 0. The molecule has 0 amide bonds. The maximum atomic E-state index is 14.6. The lowest BCUT2D eigenvalue weighted by atomic mass is 9.61. The topological polar surface area (TPSA) is 54.4 Å². The first-order valence-corrected chi connectivity index (χ1v) is 10.5. The van der Waals surface area contributed by atoms with E-state index in [-0.39, 0.29) is 23.4 Å². The van der Waals surface area contributed by atoms with Crippen molar-refractivity contribution in [3.8, 4) is 0 Å². The van der Waals surface area contributed by atoms with Crippen molar-refractivity contribution in [2.75, 3.05) is 0 Å². The zero-order valence-corrected chi connectivity index (χ0v) is 16.3. The Hall–Kier alpha value is -0.230. The molecular weight excluding hydrogens is 334 g/mol. The summed E-state index contributed by atoms with van der Waals surface area (Å²) in [5, 5.41) is 6.55. The SMILES string of the molecule is C[C@H](CC(F)(F)S(=O)(=O)C(C)(C)C)[C@H]1CC[C@H]2[C@@H](O)CCC[C@]12C. The van der Waals surface area contributed by atoms with Crippen LogP contribution in [0.3, 0.4) is 0 Å². The molecule has 0 spiro atoms. The minimum Gasteiger partial charge on any atom is -0.393 e.